The molecule has 0 amide bonds. The van der Waals surface area contributed by atoms with Crippen molar-refractivity contribution in [3.63, 3.8) is 0 Å². The zero-order valence-electron chi connectivity index (χ0n) is 12.5. The lowest BCUT2D eigenvalue weighted by Gasteiger charge is -2.29. The third kappa shape index (κ3) is 5.27. The van der Waals surface area contributed by atoms with Gasteiger partial charge in [0, 0.05) is 0 Å². The Morgan fingerprint density at radius 3 is 2.67 bits per heavy atom. The summed E-state index contributed by atoms with van der Waals surface area (Å²) in [6.45, 7) is 14.9. The van der Waals surface area contributed by atoms with Crippen molar-refractivity contribution in [1.29, 1.82) is 0 Å². The molecule has 0 aromatic heterocycles. The van der Waals surface area contributed by atoms with Crippen LogP contribution < -0.4 is 0 Å². The number of hydrogen-bond donors (Lipinski definition) is 0. The molecule has 1 rings (SSSR count). The summed E-state index contributed by atoms with van der Waals surface area (Å²) in [4.78, 5) is 0. The predicted molar refractivity (Wildman–Crippen MR) is 81.5 cm³/mol. The van der Waals surface area contributed by atoms with E-state index in [4.69, 9.17) is 0 Å². The monoisotopic (exact) mass is 246 g/mol. The molecule has 0 heterocycles. The first-order valence-corrected chi connectivity index (χ1v) is 7.57. The van der Waals surface area contributed by atoms with E-state index in [0.29, 0.717) is 5.92 Å². The lowest BCUT2D eigenvalue weighted by molar-refractivity contribution is 0.246. The van der Waals surface area contributed by atoms with Gasteiger partial charge in [-0.3, -0.25) is 0 Å². The van der Waals surface area contributed by atoms with Crippen molar-refractivity contribution in [2.75, 3.05) is 0 Å². The molecule has 0 saturated heterocycles. The smallest absolute Gasteiger partial charge is 0.0177 e. The van der Waals surface area contributed by atoms with E-state index in [-0.39, 0.29) is 0 Å². The van der Waals surface area contributed by atoms with Crippen LogP contribution >= 0.6 is 0 Å². The van der Waals surface area contributed by atoms with Gasteiger partial charge in [-0.2, -0.15) is 0 Å². The van der Waals surface area contributed by atoms with Gasteiger partial charge in [-0.15, -0.1) is 5.73 Å². The summed E-state index contributed by atoms with van der Waals surface area (Å²) in [5.41, 5.74) is 4.04. The fraction of sp³-hybridized carbons (Fsp3) is 0.722. The fourth-order valence-corrected chi connectivity index (χ4v) is 3.48. The third-order valence-electron chi connectivity index (χ3n) is 4.46. The Bertz CT molecular complexity index is 306. The predicted octanol–water partition coefficient (Wildman–Crippen LogP) is 5.76. The van der Waals surface area contributed by atoms with Gasteiger partial charge < -0.3 is 0 Å². The standard InChI is InChI=1S/C18H30/c1-6-8-16(4)17(5)13-18-10-7-9-14(2)11-15(3)12-18/h8,14-15,17-18H,1,4,7,9-13H2,2-3,5H3. The SMILES string of the molecule is C=C=CC(=C)C(C)CC1CCCC(C)CC(C)C1. The highest BCUT2D eigenvalue weighted by Crippen LogP contribution is 2.34. The van der Waals surface area contributed by atoms with Crippen LogP contribution in [0.1, 0.15) is 59.3 Å². The highest BCUT2D eigenvalue weighted by Gasteiger charge is 2.21. The Morgan fingerprint density at radius 2 is 2.00 bits per heavy atom. The summed E-state index contributed by atoms with van der Waals surface area (Å²) in [5, 5.41) is 0. The van der Waals surface area contributed by atoms with Crippen LogP contribution in [0.2, 0.25) is 0 Å². The van der Waals surface area contributed by atoms with E-state index in [1.54, 1.807) is 0 Å². The quantitative estimate of drug-likeness (QED) is 0.437. The van der Waals surface area contributed by atoms with E-state index in [1.807, 2.05) is 6.08 Å². The molecule has 1 saturated carbocycles. The molecule has 0 bridgehead atoms. The van der Waals surface area contributed by atoms with Crippen molar-refractivity contribution in [2.45, 2.75) is 59.3 Å². The minimum atomic E-state index is 0.577. The Labute approximate surface area is 114 Å². The molecular formula is C18H30. The van der Waals surface area contributed by atoms with Crippen LogP contribution in [0.15, 0.2) is 30.5 Å². The van der Waals surface area contributed by atoms with Crippen LogP contribution in [0.4, 0.5) is 0 Å². The minimum Gasteiger partial charge on any atom is -0.128 e. The van der Waals surface area contributed by atoms with Gasteiger partial charge in [-0.25, -0.2) is 0 Å². The zero-order valence-corrected chi connectivity index (χ0v) is 12.5. The van der Waals surface area contributed by atoms with Gasteiger partial charge in [0.05, 0.1) is 0 Å². The normalized spacial score (nSPS) is 30.7. The van der Waals surface area contributed by atoms with Crippen molar-refractivity contribution < 1.29 is 0 Å². The molecule has 0 aromatic rings. The van der Waals surface area contributed by atoms with Gasteiger partial charge in [-0.1, -0.05) is 53.2 Å². The van der Waals surface area contributed by atoms with Gasteiger partial charge in [0.15, 0.2) is 0 Å². The molecule has 0 spiro atoms. The van der Waals surface area contributed by atoms with Crippen LogP contribution in [-0.4, -0.2) is 0 Å². The van der Waals surface area contributed by atoms with E-state index in [2.05, 4.69) is 39.7 Å². The van der Waals surface area contributed by atoms with Gasteiger partial charge in [0.2, 0.25) is 0 Å². The molecule has 1 fully saturated rings. The second-order valence-corrected chi connectivity index (χ2v) is 6.54. The maximum atomic E-state index is 4.12. The van der Waals surface area contributed by atoms with E-state index in [0.717, 1.165) is 17.8 Å². The molecule has 0 N–H and O–H groups in total. The molecule has 4 atom stereocenters. The maximum absolute atomic E-state index is 4.12. The first-order valence-electron chi connectivity index (χ1n) is 7.57. The summed E-state index contributed by atoms with van der Waals surface area (Å²) in [5.74, 6) is 3.28. The molecule has 1 aliphatic rings. The first-order chi connectivity index (χ1) is 8.52. The molecule has 18 heavy (non-hydrogen) atoms. The first kappa shape index (κ1) is 15.3. The Morgan fingerprint density at radius 1 is 1.28 bits per heavy atom. The van der Waals surface area contributed by atoms with Gasteiger partial charge in [0.1, 0.15) is 0 Å². The Balaban J connectivity index is 2.49. The Kier molecular flexibility index (Phi) is 6.50. The zero-order chi connectivity index (χ0) is 13.5. The van der Waals surface area contributed by atoms with Crippen LogP contribution in [0.3, 0.4) is 0 Å². The second-order valence-electron chi connectivity index (χ2n) is 6.54. The molecule has 0 aromatic carbocycles. The molecule has 1 aliphatic carbocycles. The van der Waals surface area contributed by atoms with Crippen molar-refractivity contribution >= 4 is 0 Å². The molecule has 0 radical (unpaired) electrons. The lowest BCUT2D eigenvalue weighted by Crippen LogP contribution is -2.16. The summed E-state index contributed by atoms with van der Waals surface area (Å²) in [6, 6.07) is 0. The third-order valence-corrected chi connectivity index (χ3v) is 4.46. The summed E-state index contributed by atoms with van der Waals surface area (Å²) < 4.78 is 0. The van der Waals surface area contributed by atoms with Crippen molar-refractivity contribution in [2.24, 2.45) is 23.7 Å². The van der Waals surface area contributed by atoms with E-state index < -0.39 is 0 Å². The minimum absolute atomic E-state index is 0.577. The van der Waals surface area contributed by atoms with Crippen LogP contribution in [-0.2, 0) is 0 Å². The molecule has 0 aliphatic heterocycles. The summed E-state index contributed by atoms with van der Waals surface area (Å²) in [6.07, 6.45) is 10.3. The molecule has 0 heteroatoms. The lowest BCUT2D eigenvalue weighted by atomic mass is 9.77. The highest BCUT2D eigenvalue weighted by molar-refractivity contribution is 5.15. The van der Waals surface area contributed by atoms with E-state index in [9.17, 15) is 0 Å². The largest absolute Gasteiger partial charge is 0.128 e. The topological polar surface area (TPSA) is 0 Å². The second kappa shape index (κ2) is 7.64. The maximum Gasteiger partial charge on any atom is -0.0177 e. The van der Waals surface area contributed by atoms with Crippen molar-refractivity contribution in [1.82, 2.24) is 0 Å². The fourth-order valence-electron chi connectivity index (χ4n) is 3.48. The number of hydrogen-bond acceptors (Lipinski definition) is 0. The number of rotatable bonds is 4. The Hall–Kier alpha value is -0.740. The molecule has 0 nitrogen and oxygen atoms in total. The summed E-state index contributed by atoms with van der Waals surface area (Å²) >= 11 is 0. The van der Waals surface area contributed by atoms with E-state index >= 15 is 0 Å². The van der Waals surface area contributed by atoms with Crippen LogP contribution in [0.5, 0.6) is 0 Å². The van der Waals surface area contributed by atoms with E-state index in [1.165, 1.54) is 44.1 Å². The average molecular weight is 246 g/mol. The highest BCUT2D eigenvalue weighted by atomic mass is 14.3. The average Bonchev–Trinajstić information content (AvgIpc) is 2.26. The van der Waals surface area contributed by atoms with Crippen LogP contribution in [0, 0.1) is 23.7 Å². The van der Waals surface area contributed by atoms with Crippen molar-refractivity contribution in [3.05, 3.63) is 30.5 Å². The molecule has 4 unspecified atom stereocenters. The molecule has 102 valence electrons. The van der Waals surface area contributed by atoms with Gasteiger partial charge >= 0.3 is 0 Å². The van der Waals surface area contributed by atoms with Gasteiger partial charge in [-0.05, 0) is 54.6 Å². The van der Waals surface area contributed by atoms with Gasteiger partial charge in [0.25, 0.3) is 0 Å². The molecular weight excluding hydrogens is 216 g/mol. The summed E-state index contributed by atoms with van der Waals surface area (Å²) in [7, 11) is 0. The van der Waals surface area contributed by atoms with Crippen LogP contribution in [0.25, 0.3) is 0 Å². The number of allylic oxidation sites excluding steroid dienone is 2. The van der Waals surface area contributed by atoms with Crippen molar-refractivity contribution in [3.8, 4) is 0 Å².